The van der Waals surface area contributed by atoms with Crippen molar-refractivity contribution in [1.82, 2.24) is 0 Å². The summed E-state index contributed by atoms with van der Waals surface area (Å²) in [4.78, 5) is 21.6. The number of carbonyl (C=O) groups is 2. The zero-order valence-corrected chi connectivity index (χ0v) is 8.61. The molecule has 0 amide bonds. The molecule has 2 N–H and O–H groups in total. The Bertz CT molecular complexity index is 280. The second-order valence-corrected chi connectivity index (χ2v) is 3.89. The minimum atomic E-state index is -0.872. The summed E-state index contributed by atoms with van der Waals surface area (Å²) in [6, 6.07) is 0. The van der Waals surface area contributed by atoms with Crippen molar-refractivity contribution in [2.45, 2.75) is 38.5 Å². The van der Waals surface area contributed by atoms with Gasteiger partial charge in [-0.2, -0.15) is 0 Å². The first-order valence-electron chi connectivity index (χ1n) is 5.26. The summed E-state index contributed by atoms with van der Waals surface area (Å²) in [5, 5.41) is 17.7. The summed E-state index contributed by atoms with van der Waals surface area (Å²) in [7, 11) is 0. The molecule has 0 saturated heterocycles. The molecule has 0 radical (unpaired) electrons. The lowest BCUT2D eigenvalue weighted by Crippen LogP contribution is -2.12. The van der Waals surface area contributed by atoms with Gasteiger partial charge in [0.15, 0.2) is 0 Å². The monoisotopic (exact) mass is 212 g/mol. The van der Waals surface area contributed by atoms with Gasteiger partial charge in [0.1, 0.15) is 0 Å². The molecule has 0 spiro atoms. The molecule has 0 aromatic rings. The second kappa shape index (κ2) is 5.53. The first-order valence-corrected chi connectivity index (χ1v) is 5.26. The normalized spacial score (nSPS) is 23.2. The second-order valence-electron chi connectivity index (χ2n) is 3.89. The van der Waals surface area contributed by atoms with Crippen molar-refractivity contribution in [2.75, 3.05) is 0 Å². The van der Waals surface area contributed by atoms with Gasteiger partial charge in [0.05, 0.1) is 5.92 Å². The van der Waals surface area contributed by atoms with E-state index in [0.717, 1.165) is 12.8 Å². The maximum atomic E-state index is 10.8. The standard InChI is InChI=1S/C11H16O4/c12-10(13)8-4-1-2-5-9(11(14)15)7-3-6-8/h6,9H,1-5,7H2,(H,12,13)(H,14,15). The Morgan fingerprint density at radius 1 is 1.20 bits per heavy atom. The van der Waals surface area contributed by atoms with Crippen molar-refractivity contribution in [1.29, 1.82) is 0 Å². The molecule has 1 aliphatic rings. The lowest BCUT2D eigenvalue weighted by molar-refractivity contribution is -0.142. The molecular formula is C11H16O4. The van der Waals surface area contributed by atoms with Crippen LogP contribution in [-0.2, 0) is 9.59 Å². The van der Waals surface area contributed by atoms with Crippen molar-refractivity contribution >= 4 is 11.9 Å². The number of aliphatic carboxylic acids is 2. The highest BCUT2D eigenvalue weighted by Crippen LogP contribution is 2.21. The van der Waals surface area contributed by atoms with Gasteiger partial charge in [-0.3, -0.25) is 4.79 Å². The SMILES string of the molecule is O=C(O)C1=CCCC(C(=O)O)CCCC1. The summed E-state index contributed by atoms with van der Waals surface area (Å²) < 4.78 is 0. The lowest BCUT2D eigenvalue weighted by Gasteiger charge is -2.08. The average Bonchev–Trinajstić information content (AvgIpc) is 2.27. The third-order valence-corrected chi connectivity index (χ3v) is 2.78. The molecule has 0 fully saturated rings. The molecule has 84 valence electrons. The zero-order valence-electron chi connectivity index (χ0n) is 8.61. The number of carboxylic acids is 2. The highest BCUT2D eigenvalue weighted by Gasteiger charge is 2.18. The smallest absolute Gasteiger partial charge is 0.331 e. The highest BCUT2D eigenvalue weighted by atomic mass is 16.4. The maximum absolute atomic E-state index is 10.8. The number of rotatable bonds is 2. The molecular weight excluding hydrogens is 196 g/mol. The predicted molar refractivity (Wildman–Crippen MR) is 54.5 cm³/mol. The van der Waals surface area contributed by atoms with Gasteiger partial charge in [0.2, 0.25) is 0 Å². The fourth-order valence-corrected chi connectivity index (χ4v) is 1.85. The number of hydrogen-bond acceptors (Lipinski definition) is 2. The number of hydrogen-bond donors (Lipinski definition) is 2. The van der Waals surface area contributed by atoms with E-state index in [9.17, 15) is 9.59 Å². The Balaban J connectivity index is 2.61. The topological polar surface area (TPSA) is 74.6 Å². The molecule has 0 aromatic heterocycles. The van der Waals surface area contributed by atoms with Crippen LogP contribution in [0.4, 0.5) is 0 Å². The van der Waals surface area contributed by atoms with Crippen molar-refractivity contribution in [3.63, 3.8) is 0 Å². The van der Waals surface area contributed by atoms with Crippen molar-refractivity contribution in [3.8, 4) is 0 Å². The van der Waals surface area contributed by atoms with E-state index < -0.39 is 11.9 Å². The maximum Gasteiger partial charge on any atom is 0.331 e. The van der Waals surface area contributed by atoms with Gasteiger partial charge < -0.3 is 10.2 Å². The molecule has 1 rings (SSSR count). The molecule has 15 heavy (non-hydrogen) atoms. The highest BCUT2D eigenvalue weighted by molar-refractivity contribution is 5.86. The van der Waals surface area contributed by atoms with Crippen LogP contribution in [0.1, 0.15) is 38.5 Å². The van der Waals surface area contributed by atoms with Gasteiger partial charge in [-0.05, 0) is 32.1 Å². The summed E-state index contributed by atoms with van der Waals surface area (Å²) in [5.74, 6) is -1.94. The third kappa shape index (κ3) is 3.73. The molecule has 0 bridgehead atoms. The quantitative estimate of drug-likeness (QED) is 0.734. The summed E-state index contributed by atoms with van der Waals surface area (Å²) in [5.41, 5.74) is 0.432. The van der Waals surface area contributed by atoms with Gasteiger partial charge in [0.25, 0.3) is 0 Å². The fraction of sp³-hybridized carbons (Fsp3) is 0.636. The van der Waals surface area contributed by atoms with Crippen LogP contribution in [0.25, 0.3) is 0 Å². The first kappa shape index (κ1) is 11.8. The zero-order chi connectivity index (χ0) is 11.3. The van der Waals surface area contributed by atoms with E-state index in [-0.39, 0.29) is 5.92 Å². The molecule has 1 aliphatic carbocycles. The summed E-state index contributed by atoms with van der Waals surface area (Å²) in [6.45, 7) is 0. The molecule has 4 heteroatoms. The Morgan fingerprint density at radius 3 is 2.53 bits per heavy atom. The van der Waals surface area contributed by atoms with E-state index >= 15 is 0 Å². The van der Waals surface area contributed by atoms with E-state index in [2.05, 4.69) is 0 Å². The van der Waals surface area contributed by atoms with Crippen LogP contribution in [-0.4, -0.2) is 22.2 Å². The predicted octanol–water partition coefficient (Wildman–Crippen LogP) is 2.05. The van der Waals surface area contributed by atoms with Crippen LogP contribution < -0.4 is 0 Å². The van der Waals surface area contributed by atoms with E-state index in [1.54, 1.807) is 6.08 Å². The van der Waals surface area contributed by atoms with Crippen LogP contribution in [0.3, 0.4) is 0 Å². The number of carboxylic acid groups (broad SMARTS) is 2. The molecule has 1 unspecified atom stereocenters. The van der Waals surface area contributed by atoms with Gasteiger partial charge in [-0.15, -0.1) is 0 Å². The van der Waals surface area contributed by atoms with Crippen LogP contribution in [0, 0.1) is 5.92 Å². The largest absolute Gasteiger partial charge is 0.481 e. The molecule has 0 aromatic carbocycles. The van der Waals surface area contributed by atoms with Gasteiger partial charge in [-0.1, -0.05) is 12.5 Å². The van der Waals surface area contributed by atoms with Crippen LogP contribution >= 0.6 is 0 Å². The minimum Gasteiger partial charge on any atom is -0.481 e. The number of allylic oxidation sites excluding steroid dienone is 1. The van der Waals surface area contributed by atoms with Crippen molar-refractivity contribution in [2.24, 2.45) is 5.92 Å². The van der Waals surface area contributed by atoms with E-state index in [1.165, 1.54) is 0 Å². The van der Waals surface area contributed by atoms with Crippen LogP contribution in [0.15, 0.2) is 11.6 Å². The molecule has 0 heterocycles. The summed E-state index contributed by atoms with van der Waals surface area (Å²) >= 11 is 0. The first-order chi connectivity index (χ1) is 7.11. The molecule has 0 saturated carbocycles. The molecule has 0 aliphatic heterocycles. The Labute approximate surface area is 88.6 Å². The molecule has 1 atom stereocenters. The van der Waals surface area contributed by atoms with Gasteiger partial charge in [-0.25, -0.2) is 4.79 Å². The van der Waals surface area contributed by atoms with E-state index in [1.807, 2.05) is 0 Å². The van der Waals surface area contributed by atoms with Gasteiger partial charge in [0, 0.05) is 5.57 Å². The Morgan fingerprint density at radius 2 is 1.93 bits per heavy atom. The van der Waals surface area contributed by atoms with Crippen LogP contribution in [0.5, 0.6) is 0 Å². The average molecular weight is 212 g/mol. The Hall–Kier alpha value is -1.32. The van der Waals surface area contributed by atoms with E-state index in [4.69, 9.17) is 10.2 Å². The van der Waals surface area contributed by atoms with Crippen molar-refractivity contribution < 1.29 is 19.8 Å². The fourth-order valence-electron chi connectivity index (χ4n) is 1.85. The van der Waals surface area contributed by atoms with Gasteiger partial charge >= 0.3 is 11.9 Å². The Kier molecular flexibility index (Phi) is 4.34. The minimum absolute atomic E-state index is 0.311. The molecule has 4 nitrogen and oxygen atoms in total. The summed E-state index contributed by atoms with van der Waals surface area (Å²) in [6.07, 6.45) is 5.55. The van der Waals surface area contributed by atoms with Crippen molar-refractivity contribution in [3.05, 3.63) is 11.6 Å². The van der Waals surface area contributed by atoms with Crippen LogP contribution in [0.2, 0.25) is 0 Å². The lowest BCUT2D eigenvalue weighted by atomic mass is 9.97. The van der Waals surface area contributed by atoms with E-state index in [0.29, 0.717) is 31.3 Å². The third-order valence-electron chi connectivity index (χ3n) is 2.78.